The summed E-state index contributed by atoms with van der Waals surface area (Å²) in [5, 5.41) is 0.854. The highest BCUT2D eigenvalue weighted by atomic mass is 32.1. The normalized spacial score (nSPS) is 19.5. The fraction of sp³-hybridized carbons (Fsp3) is 0.417. The van der Waals surface area contributed by atoms with E-state index in [9.17, 15) is 22.0 Å². The second-order valence-corrected chi connectivity index (χ2v) is 9.40. The Morgan fingerprint density at radius 3 is 2.22 bits per heavy atom. The van der Waals surface area contributed by atoms with Gasteiger partial charge < -0.3 is 4.74 Å². The maximum absolute atomic E-state index is 15.2. The number of hydrogen-bond donors (Lipinski definition) is 0. The average molecular weight is 472 g/mol. The molecule has 3 aromatic rings. The molecule has 1 fully saturated rings. The van der Waals surface area contributed by atoms with E-state index in [1.54, 1.807) is 6.07 Å². The number of thiophene rings is 1. The molecule has 172 valence electrons. The van der Waals surface area contributed by atoms with Crippen molar-refractivity contribution in [3.8, 4) is 5.75 Å². The Labute approximate surface area is 186 Å². The van der Waals surface area contributed by atoms with Crippen LogP contribution in [0, 0.1) is 29.2 Å². The Hall–Kier alpha value is -2.22. The minimum Gasteiger partial charge on any atom is -0.432 e. The molecule has 0 unspecified atom stereocenters. The molecule has 1 saturated carbocycles. The van der Waals surface area contributed by atoms with Crippen LogP contribution in [0.25, 0.3) is 10.1 Å². The molecule has 1 aliphatic rings. The van der Waals surface area contributed by atoms with Gasteiger partial charge in [0, 0.05) is 17.0 Å². The van der Waals surface area contributed by atoms with E-state index in [0.29, 0.717) is 35.2 Å². The van der Waals surface area contributed by atoms with Crippen molar-refractivity contribution in [2.75, 3.05) is 0 Å². The van der Waals surface area contributed by atoms with Gasteiger partial charge in [0.15, 0.2) is 17.5 Å². The number of hydrogen-bond acceptors (Lipinski definition) is 2. The highest BCUT2D eigenvalue weighted by Gasteiger charge is 2.44. The molecule has 0 bridgehead atoms. The Morgan fingerprint density at radius 2 is 1.59 bits per heavy atom. The fourth-order valence-corrected chi connectivity index (χ4v) is 5.60. The number of aryl methyl sites for hydroxylation is 1. The minimum absolute atomic E-state index is 0.0623. The van der Waals surface area contributed by atoms with E-state index in [1.807, 2.05) is 12.1 Å². The quantitative estimate of drug-likeness (QED) is 0.259. The second kappa shape index (κ2) is 8.96. The van der Waals surface area contributed by atoms with Crippen LogP contribution in [0.2, 0.25) is 0 Å². The SMILES string of the molecule is CCCc1cc2ccc(C3CCC(C(F)(F)Oc4cc(F)c(F)c(F)c4)CC3)c(F)c2s1. The van der Waals surface area contributed by atoms with Crippen molar-refractivity contribution >= 4 is 21.4 Å². The third-order valence-electron chi connectivity index (χ3n) is 6.06. The number of ether oxygens (including phenoxy) is 1. The van der Waals surface area contributed by atoms with Crippen LogP contribution in [-0.4, -0.2) is 6.11 Å². The average Bonchev–Trinajstić information content (AvgIpc) is 3.16. The lowest BCUT2D eigenvalue weighted by atomic mass is 9.78. The van der Waals surface area contributed by atoms with E-state index >= 15 is 4.39 Å². The molecule has 4 rings (SSSR count). The van der Waals surface area contributed by atoms with Gasteiger partial charge in [-0.05, 0) is 55.0 Å². The van der Waals surface area contributed by atoms with Gasteiger partial charge >= 0.3 is 6.11 Å². The first-order valence-corrected chi connectivity index (χ1v) is 11.4. The molecule has 0 atom stereocenters. The van der Waals surface area contributed by atoms with Gasteiger partial charge in [0.25, 0.3) is 0 Å². The van der Waals surface area contributed by atoms with Crippen molar-refractivity contribution < 1.29 is 31.1 Å². The highest BCUT2D eigenvalue weighted by molar-refractivity contribution is 7.19. The molecule has 1 heterocycles. The first-order valence-electron chi connectivity index (χ1n) is 10.6. The van der Waals surface area contributed by atoms with Gasteiger partial charge in [-0.1, -0.05) is 25.5 Å². The van der Waals surface area contributed by atoms with Crippen LogP contribution in [0.5, 0.6) is 5.75 Å². The van der Waals surface area contributed by atoms with Gasteiger partial charge in [0.1, 0.15) is 11.6 Å². The van der Waals surface area contributed by atoms with Crippen LogP contribution in [-0.2, 0) is 6.42 Å². The van der Waals surface area contributed by atoms with Crippen LogP contribution >= 0.6 is 11.3 Å². The van der Waals surface area contributed by atoms with E-state index < -0.39 is 35.2 Å². The zero-order valence-corrected chi connectivity index (χ0v) is 18.2. The van der Waals surface area contributed by atoms with Crippen molar-refractivity contribution in [3.63, 3.8) is 0 Å². The van der Waals surface area contributed by atoms with E-state index in [1.165, 1.54) is 11.3 Å². The van der Waals surface area contributed by atoms with E-state index in [4.69, 9.17) is 0 Å². The summed E-state index contributed by atoms with van der Waals surface area (Å²) in [4.78, 5) is 1.12. The third kappa shape index (κ3) is 4.47. The van der Waals surface area contributed by atoms with Crippen molar-refractivity contribution in [2.24, 2.45) is 5.92 Å². The number of alkyl halides is 2. The first kappa shape index (κ1) is 23.0. The van der Waals surface area contributed by atoms with Crippen LogP contribution in [0.3, 0.4) is 0 Å². The predicted octanol–water partition coefficient (Wildman–Crippen LogP) is 8.36. The Morgan fingerprint density at radius 1 is 0.938 bits per heavy atom. The highest BCUT2D eigenvalue weighted by Crippen LogP contribution is 2.45. The maximum atomic E-state index is 15.2. The maximum Gasteiger partial charge on any atom is 0.400 e. The van der Waals surface area contributed by atoms with Crippen molar-refractivity contribution in [2.45, 2.75) is 57.5 Å². The molecule has 0 saturated heterocycles. The van der Waals surface area contributed by atoms with E-state index in [-0.39, 0.29) is 24.6 Å². The third-order valence-corrected chi connectivity index (χ3v) is 7.26. The molecule has 32 heavy (non-hydrogen) atoms. The smallest absolute Gasteiger partial charge is 0.400 e. The molecular formula is C24H22F6OS. The van der Waals surface area contributed by atoms with Gasteiger partial charge in [0.2, 0.25) is 0 Å². The number of fused-ring (bicyclic) bond motifs is 1. The van der Waals surface area contributed by atoms with Crippen molar-refractivity contribution in [1.29, 1.82) is 0 Å². The van der Waals surface area contributed by atoms with E-state index in [2.05, 4.69) is 11.7 Å². The van der Waals surface area contributed by atoms with Gasteiger partial charge in [-0.2, -0.15) is 8.78 Å². The summed E-state index contributed by atoms with van der Waals surface area (Å²) in [5.74, 6) is -7.37. The van der Waals surface area contributed by atoms with Crippen LogP contribution in [0.15, 0.2) is 30.3 Å². The Bertz CT molecular complexity index is 1090. The zero-order chi connectivity index (χ0) is 23.0. The summed E-state index contributed by atoms with van der Waals surface area (Å²) in [7, 11) is 0. The minimum atomic E-state index is -3.69. The topological polar surface area (TPSA) is 9.23 Å². The molecule has 0 aliphatic heterocycles. The summed E-state index contributed by atoms with van der Waals surface area (Å²) in [6, 6.07) is 6.41. The van der Waals surface area contributed by atoms with Gasteiger partial charge in [-0.25, -0.2) is 17.6 Å². The van der Waals surface area contributed by atoms with Crippen molar-refractivity contribution in [1.82, 2.24) is 0 Å². The van der Waals surface area contributed by atoms with Crippen molar-refractivity contribution in [3.05, 3.63) is 64.0 Å². The molecule has 2 aromatic carbocycles. The summed E-state index contributed by atoms with van der Waals surface area (Å²) >= 11 is 1.43. The molecule has 0 N–H and O–H groups in total. The van der Waals surface area contributed by atoms with Gasteiger partial charge in [0.05, 0.1) is 10.6 Å². The first-order chi connectivity index (χ1) is 15.2. The summed E-state index contributed by atoms with van der Waals surface area (Å²) < 4.78 is 89.2. The summed E-state index contributed by atoms with van der Waals surface area (Å²) in [6.07, 6.45) is -1.03. The largest absolute Gasteiger partial charge is 0.432 e. The number of benzene rings is 2. The molecule has 8 heteroatoms. The molecule has 1 nitrogen and oxygen atoms in total. The Kier molecular flexibility index (Phi) is 6.43. The molecule has 0 radical (unpaired) electrons. The van der Waals surface area contributed by atoms with E-state index in [0.717, 1.165) is 23.1 Å². The second-order valence-electron chi connectivity index (χ2n) is 8.26. The summed E-state index contributed by atoms with van der Waals surface area (Å²) in [5.41, 5.74) is 0.535. The predicted molar refractivity (Wildman–Crippen MR) is 112 cm³/mol. The lowest BCUT2D eigenvalue weighted by Gasteiger charge is -2.33. The van der Waals surface area contributed by atoms with Crippen LogP contribution < -0.4 is 4.74 Å². The molecule has 1 aromatic heterocycles. The zero-order valence-electron chi connectivity index (χ0n) is 17.4. The lowest BCUT2D eigenvalue weighted by Crippen LogP contribution is -2.37. The summed E-state index contributed by atoms with van der Waals surface area (Å²) in [6.45, 7) is 2.06. The number of halogens is 6. The lowest BCUT2D eigenvalue weighted by molar-refractivity contribution is -0.222. The standard InChI is InChI=1S/C24H22F6OS/c1-2-3-17-10-14-6-9-18(21(27)23(14)32-17)13-4-7-15(8-5-13)24(29,30)31-16-11-19(25)22(28)20(26)12-16/h6,9-13,15H,2-5,7-8H2,1H3. The molecule has 0 amide bonds. The van der Waals surface area contributed by atoms with Crippen LogP contribution in [0.1, 0.15) is 55.4 Å². The van der Waals surface area contributed by atoms with Crippen LogP contribution in [0.4, 0.5) is 26.3 Å². The number of rotatable bonds is 6. The van der Waals surface area contributed by atoms with Gasteiger partial charge in [-0.15, -0.1) is 11.3 Å². The molecular weight excluding hydrogens is 450 g/mol. The molecule has 0 spiro atoms. The Balaban J connectivity index is 1.46. The monoisotopic (exact) mass is 472 g/mol. The van der Waals surface area contributed by atoms with Gasteiger partial charge in [-0.3, -0.25) is 0 Å². The fourth-order valence-electron chi connectivity index (χ4n) is 4.39. The molecule has 1 aliphatic carbocycles.